The summed E-state index contributed by atoms with van der Waals surface area (Å²) in [7, 11) is 0. The van der Waals surface area contributed by atoms with Crippen molar-refractivity contribution in [3.05, 3.63) is 76.2 Å². The Hall–Kier alpha value is -2.69. The SMILES string of the molecule is O=C(CC(/C=C/c1ccccc1)C[N+](=O)[O-])c1ccco1. The van der Waals surface area contributed by atoms with E-state index in [0.717, 1.165) is 5.56 Å². The van der Waals surface area contributed by atoms with E-state index in [4.69, 9.17) is 4.42 Å². The molecule has 2 aromatic rings. The van der Waals surface area contributed by atoms with Crippen LogP contribution in [0.15, 0.2) is 59.2 Å². The summed E-state index contributed by atoms with van der Waals surface area (Å²) in [5, 5.41) is 10.7. The molecule has 5 heteroatoms. The number of rotatable bonds is 7. The Balaban J connectivity index is 2.06. The smallest absolute Gasteiger partial charge is 0.210 e. The molecular weight excluding hydrogens is 270 g/mol. The van der Waals surface area contributed by atoms with Crippen molar-refractivity contribution in [2.45, 2.75) is 6.42 Å². The predicted molar refractivity (Wildman–Crippen MR) is 78.5 cm³/mol. The maximum Gasteiger partial charge on any atom is 0.210 e. The standard InChI is InChI=1S/C16H15NO4/c18-15(16-7-4-10-21-16)11-14(12-17(19)20)9-8-13-5-2-1-3-6-13/h1-10,14H,11-12H2/b9-8+. The third-order valence-electron chi connectivity index (χ3n) is 2.99. The second kappa shape index (κ2) is 7.19. The van der Waals surface area contributed by atoms with Gasteiger partial charge in [0.2, 0.25) is 6.54 Å². The number of Topliss-reactive ketones (excluding diaryl/α,β-unsaturated/α-hetero) is 1. The minimum atomic E-state index is -0.460. The summed E-state index contributed by atoms with van der Waals surface area (Å²) < 4.78 is 5.02. The summed E-state index contributed by atoms with van der Waals surface area (Å²) in [5.74, 6) is -0.459. The Morgan fingerprint density at radius 1 is 1.24 bits per heavy atom. The molecule has 0 spiro atoms. The van der Waals surface area contributed by atoms with Gasteiger partial charge < -0.3 is 4.42 Å². The van der Waals surface area contributed by atoms with Crippen molar-refractivity contribution in [3.8, 4) is 0 Å². The van der Waals surface area contributed by atoms with Crippen LogP contribution < -0.4 is 0 Å². The fourth-order valence-corrected chi connectivity index (χ4v) is 1.97. The lowest BCUT2D eigenvalue weighted by Crippen LogP contribution is -2.16. The summed E-state index contributed by atoms with van der Waals surface area (Å²) in [5.41, 5.74) is 0.941. The molecule has 2 rings (SSSR count). The van der Waals surface area contributed by atoms with Crippen LogP contribution in [0, 0.1) is 16.0 Å². The maximum atomic E-state index is 12.0. The first-order chi connectivity index (χ1) is 10.1. The van der Waals surface area contributed by atoms with Gasteiger partial charge in [-0.1, -0.05) is 42.5 Å². The van der Waals surface area contributed by atoms with Crippen molar-refractivity contribution in [2.75, 3.05) is 6.54 Å². The molecule has 0 amide bonds. The molecule has 0 N–H and O–H groups in total. The number of furan rings is 1. The van der Waals surface area contributed by atoms with Crippen LogP contribution in [-0.4, -0.2) is 17.3 Å². The molecule has 0 fully saturated rings. The van der Waals surface area contributed by atoms with Gasteiger partial charge in [0.1, 0.15) is 0 Å². The van der Waals surface area contributed by atoms with E-state index in [1.807, 2.05) is 30.3 Å². The lowest BCUT2D eigenvalue weighted by molar-refractivity contribution is -0.485. The van der Waals surface area contributed by atoms with Gasteiger partial charge in [0.15, 0.2) is 11.5 Å². The molecule has 0 bridgehead atoms. The van der Waals surface area contributed by atoms with Crippen LogP contribution in [-0.2, 0) is 0 Å². The van der Waals surface area contributed by atoms with Crippen molar-refractivity contribution in [1.82, 2.24) is 0 Å². The number of carbonyl (C=O) groups is 1. The van der Waals surface area contributed by atoms with Crippen molar-refractivity contribution in [2.24, 2.45) is 5.92 Å². The maximum absolute atomic E-state index is 12.0. The summed E-state index contributed by atoms with van der Waals surface area (Å²) in [6, 6.07) is 12.6. The van der Waals surface area contributed by atoms with Gasteiger partial charge >= 0.3 is 0 Å². The highest BCUT2D eigenvalue weighted by molar-refractivity contribution is 5.93. The minimum absolute atomic E-state index is 0.0534. The molecule has 1 unspecified atom stereocenters. The summed E-state index contributed by atoms with van der Waals surface area (Å²) >= 11 is 0. The number of benzene rings is 1. The highest BCUT2D eigenvalue weighted by Gasteiger charge is 2.19. The van der Waals surface area contributed by atoms with Crippen molar-refractivity contribution in [1.29, 1.82) is 0 Å². The quantitative estimate of drug-likeness (QED) is 0.443. The Labute approximate surface area is 122 Å². The number of ketones is 1. The molecule has 0 saturated carbocycles. The van der Waals surface area contributed by atoms with Crippen molar-refractivity contribution >= 4 is 11.9 Å². The zero-order valence-electron chi connectivity index (χ0n) is 11.3. The van der Waals surface area contributed by atoms with Crippen molar-refractivity contribution < 1.29 is 14.1 Å². The minimum Gasteiger partial charge on any atom is -0.461 e. The summed E-state index contributed by atoms with van der Waals surface area (Å²) in [4.78, 5) is 22.3. The van der Waals surface area contributed by atoms with Gasteiger partial charge in [0.05, 0.1) is 6.26 Å². The molecule has 1 aromatic carbocycles. The van der Waals surface area contributed by atoms with Crippen molar-refractivity contribution in [3.63, 3.8) is 0 Å². The predicted octanol–water partition coefficient (Wildman–Crippen LogP) is 3.46. The Morgan fingerprint density at radius 3 is 2.62 bits per heavy atom. The van der Waals surface area contributed by atoms with Crippen LogP contribution in [0.2, 0.25) is 0 Å². The topological polar surface area (TPSA) is 73.3 Å². The fraction of sp³-hybridized carbons (Fsp3) is 0.188. The molecule has 0 radical (unpaired) electrons. The van der Waals surface area contributed by atoms with Gasteiger partial charge in [-0.2, -0.15) is 0 Å². The molecule has 108 valence electrons. The second-order valence-electron chi connectivity index (χ2n) is 4.65. The molecule has 1 heterocycles. The lowest BCUT2D eigenvalue weighted by atomic mass is 10.00. The van der Waals surface area contributed by atoms with Crippen LogP contribution in [0.1, 0.15) is 22.5 Å². The first kappa shape index (κ1) is 14.7. The molecule has 0 aliphatic heterocycles. The average molecular weight is 285 g/mol. The number of nitrogens with zero attached hydrogens (tertiary/aromatic N) is 1. The molecular formula is C16H15NO4. The highest BCUT2D eigenvalue weighted by Crippen LogP contribution is 2.14. The molecule has 0 aliphatic carbocycles. The number of hydrogen-bond donors (Lipinski definition) is 0. The molecule has 5 nitrogen and oxygen atoms in total. The van der Waals surface area contributed by atoms with E-state index in [9.17, 15) is 14.9 Å². The van der Waals surface area contributed by atoms with Gasteiger partial charge in [0, 0.05) is 17.3 Å². The zero-order valence-corrected chi connectivity index (χ0v) is 11.3. The average Bonchev–Trinajstić information content (AvgIpc) is 2.99. The van der Waals surface area contributed by atoms with Gasteiger partial charge in [-0.05, 0) is 17.7 Å². The number of hydrogen-bond acceptors (Lipinski definition) is 4. The van der Waals surface area contributed by atoms with Crippen LogP contribution in [0.3, 0.4) is 0 Å². The largest absolute Gasteiger partial charge is 0.461 e. The van der Waals surface area contributed by atoms with E-state index >= 15 is 0 Å². The Morgan fingerprint density at radius 2 is 2.00 bits per heavy atom. The van der Waals surface area contributed by atoms with Gasteiger partial charge in [-0.15, -0.1) is 0 Å². The first-order valence-corrected chi connectivity index (χ1v) is 6.57. The molecule has 0 saturated heterocycles. The van der Waals surface area contributed by atoms with E-state index < -0.39 is 10.8 Å². The molecule has 1 atom stereocenters. The number of carbonyl (C=O) groups excluding carboxylic acids is 1. The molecule has 1 aromatic heterocycles. The van der Waals surface area contributed by atoms with Gasteiger partial charge in [0.25, 0.3) is 0 Å². The number of nitro groups is 1. The van der Waals surface area contributed by atoms with Gasteiger partial charge in [-0.25, -0.2) is 0 Å². The molecule has 21 heavy (non-hydrogen) atoms. The fourth-order valence-electron chi connectivity index (χ4n) is 1.97. The zero-order chi connectivity index (χ0) is 15.1. The van der Waals surface area contributed by atoms with Gasteiger partial charge in [-0.3, -0.25) is 14.9 Å². The van der Waals surface area contributed by atoms with Crippen LogP contribution in [0.25, 0.3) is 6.08 Å². The molecule has 0 aliphatic rings. The first-order valence-electron chi connectivity index (χ1n) is 6.57. The van der Waals surface area contributed by atoms with E-state index in [1.54, 1.807) is 24.3 Å². The normalized spacial score (nSPS) is 12.4. The summed E-state index contributed by atoms with van der Waals surface area (Å²) in [6.07, 6.45) is 4.97. The highest BCUT2D eigenvalue weighted by atomic mass is 16.6. The monoisotopic (exact) mass is 285 g/mol. The van der Waals surface area contributed by atoms with Crippen LogP contribution in [0.5, 0.6) is 0 Å². The van der Waals surface area contributed by atoms with E-state index in [2.05, 4.69) is 0 Å². The third kappa shape index (κ3) is 4.72. The third-order valence-corrected chi connectivity index (χ3v) is 2.99. The van der Waals surface area contributed by atoms with Crippen LogP contribution >= 0.6 is 0 Å². The second-order valence-corrected chi connectivity index (χ2v) is 4.65. The lowest BCUT2D eigenvalue weighted by Gasteiger charge is -2.06. The Bertz CT molecular complexity index is 617. The van der Waals surface area contributed by atoms with Crippen LogP contribution in [0.4, 0.5) is 0 Å². The van der Waals surface area contributed by atoms with E-state index in [0.29, 0.717) is 0 Å². The van der Waals surface area contributed by atoms with E-state index in [1.165, 1.54) is 6.26 Å². The van der Waals surface area contributed by atoms with E-state index in [-0.39, 0.29) is 24.5 Å². The Kier molecular flexibility index (Phi) is 5.04. The summed E-state index contributed by atoms with van der Waals surface area (Å²) in [6.45, 7) is -0.282.